The summed E-state index contributed by atoms with van der Waals surface area (Å²) in [5.74, 6) is 0.856. The van der Waals surface area contributed by atoms with Crippen LogP contribution >= 0.6 is 0 Å². The van der Waals surface area contributed by atoms with Gasteiger partial charge in [-0.15, -0.1) is 0 Å². The van der Waals surface area contributed by atoms with Gasteiger partial charge in [-0.3, -0.25) is 4.98 Å². The first-order valence-electron chi connectivity index (χ1n) is 9.71. The van der Waals surface area contributed by atoms with Gasteiger partial charge in [0.05, 0.1) is 12.2 Å². The third kappa shape index (κ3) is 3.95. The maximum atomic E-state index is 4.79. The Balaban J connectivity index is 1.48. The average Bonchev–Trinajstić information content (AvgIpc) is 3.52. The van der Waals surface area contributed by atoms with Gasteiger partial charge >= 0.3 is 0 Å². The predicted octanol–water partition coefficient (Wildman–Crippen LogP) is 4.02. The molecule has 0 atom stereocenters. The molecular weight excluding hydrogens is 332 g/mol. The highest BCUT2D eigenvalue weighted by Crippen LogP contribution is 2.47. The smallest absolute Gasteiger partial charge is 0.191 e. The molecular formula is C23H26N4. The minimum atomic E-state index is 0.259. The summed E-state index contributed by atoms with van der Waals surface area (Å²) in [7, 11) is 0. The number of hydrogen-bond acceptors (Lipinski definition) is 2. The lowest BCUT2D eigenvalue weighted by Crippen LogP contribution is -2.41. The fraction of sp³-hybridized carbons (Fsp3) is 0.304. The highest BCUT2D eigenvalue weighted by atomic mass is 15.2. The van der Waals surface area contributed by atoms with Crippen molar-refractivity contribution in [3.05, 3.63) is 78.1 Å². The van der Waals surface area contributed by atoms with Gasteiger partial charge in [0.2, 0.25) is 0 Å². The van der Waals surface area contributed by atoms with Gasteiger partial charge in [-0.2, -0.15) is 0 Å². The Hall–Kier alpha value is -2.88. The Bertz CT molecular complexity index is 924. The standard InChI is InChI=1S/C23H26N4/c1-2-24-22(27-17-23(13-14-23)19-9-4-3-5-10-19)26-16-21-20-11-7-6-8-18(20)12-15-25-21/h3-12,15H,2,13-14,16-17H2,1H3,(H2,24,26,27). The largest absolute Gasteiger partial charge is 0.357 e. The number of pyridine rings is 1. The van der Waals surface area contributed by atoms with Gasteiger partial charge in [-0.05, 0) is 36.8 Å². The van der Waals surface area contributed by atoms with Crippen molar-refractivity contribution in [2.75, 3.05) is 13.1 Å². The number of aromatic nitrogens is 1. The molecule has 4 heteroatoms. The zero-order valence-electron chi connectivity index (χ0n) is 15.8. The van der Waals surface area contributed by atoms with E-state index in [-0.39, 0.29) is 5.41 Å². The van der Waals surface area contributed by atoms with Gasteiger partial charge < -0.3 is 10.6 Å². The molecule has 27 heavy (non-hydrogen) atoms. The van der Waals surface area contributed by atoms with Gasteiger partial charge in [0.15, 0.2) is 5.96 Å². The van der Waals surface area contributed by atoms with Crippen LogP contribution in [0, 0.1) is 0 Å². The lowest BCUT2D eigenvalue weighted by molar-refractivity contribution is 0.646. The molecule has 1 aromatic heterocycles. The monoisotopic (exact) mass is 358 g/mol. The Morgan fingerprint density at radius 3 is 2.56 bits per heavy atom. The number of rotatable bonds is 6. The summed E-state index contributed by atoms with van der Waals surface area (Å²) in [4.78, 5) is 9.34. The van der Waals surface area contributed by atoms with Gasteiger partial charge in [0, 0.05) is 30.1 Å². The summed E-state index contributed by atoms with van der Waals surface area (Å²) in [6, 6.07) is 21.2. The second kappa shape index (κ2) is 7.78. The van der Waals surface area contributed by atoms with Crippen LogP contribution in [0.2, 0.25) is 0 Å². The van der Waals surface area contributed by atoms with Crippen molar-refractivity contribution >= 4 is 16.7 Å². The van der Waals surface area contributed by atoms with E-state index in [1.165, 1.54) is 29.2 Å². The topological polar surface area (TPSA) is 49.3 Å². The van der Waals surface area contributed by atoms with Crippen LogP contribution in [0.3, 0.4) is 0 Å². The number of nitrogens with one attached hydrogen (secondary N) is 2. The van der Waals surface area contributed by atoms with E-state index in [1.807, 2.05) is 12.3 Å². The minimum absolute atomic E-state index is 0.259. The maximum Gasteiger partial charge on any atom is 0.191 e. The van der Waals surface area contributed by atoms with Crippen LogP contribution in [0.5, 0.6) is 0 Å². The Kier molecular flexibility index (Phi) is 5.05. The molecule has 138 valence electrons. The van der Waals surface area contributed by atoms with Crippen molar-refractivity contribution in [2.45, 2.75) is 31.7 Å². The summed E-state index contributed by atoms with van der Waals surface area (Å²) in [6.45, 7) is 4.41. The molecule has 2 aromatic carbocycles. The van der Waals surface area contributed by atoms with Crippen LogP contribution in [0.15, 0.2) is 71.9 Å². The van der Waals surface area contributed by atoms with Crippen molar-refractivity contribution in [1.29, 1.82) is 0 Å². The third-order valence-electron chi connectivity index (χ3n) is 5.32. The van der Waals surface area contributed by atoms with Crippen LogP contribution < -0.4 is 10.6 Å². The second-order valence-electron chi connectivity index (χ2n) is 7.17. The first kappa shape index (κ1) is 17.5. The van der Waals surface area contributed by atoms with Gasteiger partial charge in [-0.1, -0.05) is 54.6 Å². The van der Waals surface area contributed by atoms with E-state index >= 15 is 0 Å². The number of nitrogens with zero attached hydrogens (tertiary/aromatic N) is 2. The van der Waals surface area contributed by atoms with Gasteiger partial charge in [-0.25, -0.2) is 4.99 Å². The summed E-state index contributed by atoms with van der Waals surface area (Å²) in [5, 5.41) is 9.29. The molecule has 0 aliphatic heterocycles. The van der Waals surface area contributed by atoms with Crippen LogP contribution in [0.1, 0.15) is 31.0 Å². The zero-order valence-corrected chi connectivity index (χ0v) is 15.8. The molecule has 0 spiro atoms. The van der Waals surface area contributed by atoms with Crippen LogP contribution in [0.25, 0.3) is 10.8 Å². The van der Waals surface area contributed by atoms with Crippen LogP contribution in [0.4, 0.5) is 0 Å². The number of guanidine groups is 1. The molecule has 1 heterocycles. The van der Waals surface area contributed by atoms with E-state index in [4.69, 9.17) is 4.99 Å². The van der Waals surface area contributed by atoms with E-state index in [2.05, 4.69) is 77.1 Å². The maximum absolute atomic E-state index is 4.79. The molecule has 1 aliphatic carbocycles. The van der Waals surface area contributed by atoms with Crippen LogP contribution in [-0.4, -0.2) is 24.0 Å². The molecule has 2 N–H and O–H groups in total. The molecule has 0 unspecified atom stereocenters. The fourth-order valence-corrected chi connectivity index (χ4v) is 3.57. The first-order chi connectivity index (χ1) is 13.3. The Morgan fingerprint density at radius 1 is 1.00 bits per heavy atom. The molecule has 3 aromatic rings. The second-order valence-corrected chi connectivity index (χ2v) is 7.17. The zero-order chi connectivity index (χ0) is 18.5. The number of hydrogen-bond donors (Lipinski definition) is 2. The predicted molar refractivity (Wildman–Crippen MR) is 112 cm³/mol. The third-order valence-corrected chi connectivity index (χ3v) is 5.32. The molecule has 1 aliphatic rings. The Morgan fingerprint density at radius 2 is 1.78 bits per heavy atom. The summed E-state index contributed by atoms with van der Waals surface area (Å²) in [5.41, 5.74) is 2.69. The van der Waals surface area contributed by atoms with Crippen molar-refractivity contribution in [1.82, 2.24) is 15.6 Å². The van der Waals surface area contributed by atoms with Crippen molar-refractivity contribution in [3.8, 4) is 0 Å². The van der Waals surface area contributed by atoms with E-state index in [1.54, 1.807) is 0 Å². The average molecular weight is 358 g/mol. The lowest BCUT2D eigenvalue weighted by Gasteiger charge is -2.19. The normalized spacial score (nSPS) is 15.5. The molecule has 1 fully saturated rings. The number of aliphatic imine (C=N–C) groups is 1. The van der Waals surface area contributed by atoms with E-state index in [0.29, 0.717) is 6.54 Å². The summed E-state index contributed by atoms with van der Waals surface area (Å²) < 4.78 is 0. The molecule has 4 nitrogen and oxygen atoms in total. The molecule has 4 rings (SSSR count). The molecule has 0 radical (unpaired) electrons. The van der Waals surface area contributed by atoms with E-state index in [0.717, 1.165) is 24.7 Å². The molecule has 0 saturated heterocycles. The van der Waals surface area contributed by atoms with E-state index < -0.39 is 0 Å². The fourth-order valence-electron chi connectivity index (χ4n) is 3.57. The first-order valence-corrected chi connectivity index (χ1v) is 9.71. The Labute approximate surface area is 160 Å². The van der Waals surface area contributed by atoms with Gasteiger partial charge in [0.25, 0.3) is 0 Å². The highest BCUT2D eigenvalue weighted by Gasteiger charge is 2.43. The number of benzene rings is 2. The molecule has 0 amide bonds. The molecule has 1 saturated carbocycles. The van der Waals surface area contributed by atoms with Crippen molar-refractivity contribution in [2.24, 2.45) is 4.99 Å². The SMILES string of the molecule is CCNC(=NCc1nccc2ccccc12)NCC1(c2ccccc2)CC1. The lowest BCUT2D eigenvalue weighted by atomic mass is 9.96. The molecule has 0 bridgehead atoms. The minimum Gasteiger partial charge on any atom is -0.357 e. The number of fused-ring (bicyclic) bond motifs is 1. The summed E-state index contributed by atoms with van der Waals surface area (Å²) >= 11 is 0. The quantitative estimate of drug-likeness (QED) is 0.517. The van der Waals surface area contributed by atoms with Gasteiger partial charge in [0.1, 0.15) is 0 Å². The van der Waals surface area contributed by atoms with Crippen LogP contribution in [-0.2, 0) is 12.0 Å². The van der Waals surface area contributed by atoms with E-state index in [9.17, 15) is 0 Å². The van der Waals surface area contributed by atoms with Crippen molar-refractivity contribution in [3.63, 3.8) is 0 Å². The summed E-state index contributed by atoms with van der Waals surface area (Å²) in [6.07, 6.45) is 4.32. The van der Waals surface area contributed by atoms with Crippen molar-refractivity contribution < 1.29 is 0 Å². The highest BCUT2D eigenvalue weighted by molar-refractivity contribution is 5.85.